The van der Waals surface area contributed by atoms with E-state index in [-0.39, 0.29) is 0 Å². The second-order valence-corrected chi connectivity index (χ2v) is 7.19. The highest BCUT2D eigenvalue weighted by Crippen LogP contribution is 2.43. The number of hydrogen-bond donors (Lipinski definition) is 1. The maximum atomic E-state index is 3.69. The molecule has 2 atom stereocenters. The SMILES string of the molecule is CCCC1CN(CC2(SC)CCC2)C(C)CN1. The summed E-state index contributed by atoms with van der Waals surface area (Å²) < 4.78 is 0.600. The summed E-state index contributed by atoms with van der Waals surface area (Å²) >= 11 is 2.11. The van der Waals surface area contributed by atoms with E-state index in [2.05, 4.69) is 42.1 Å². The van der Waals surface area contributed by atoms with Crippen molar-refractivity contribution in [3.05, 3.63) is 0 Å². The fourth-order valence-electron chi connectivity index (χ4n) is 3.12. The average Bonchev–Trinajstić information content (AvgIpc) is 2.28. The third kappa shape index (κ3) is 3.18. The first-order chi connectivity index (χ1) is 8.19. The van der Waals surface area contributed by atoms with E-state index in [9.17, 15) is 0 Å². The number of nitrogens with one attached hydrogen (secondary N) is 1. The molecular formula is C14H28N2S. The third-order valence-electron chi connectivity index (χ3n) is 4.61. The van der Waals surface area contributed by atoms with Crippen LogP contribution in [-0.2, 0) is 0 Å². The van der Waals surface area contributed by atoms with Crippen molar-refractivity contribution in [2.24, 2.45) is 0 Å². The third-order valence-corrected chi connectivity index (χ3v) is 6.01. The van der Waals surface area contributed by atoms with Crippen LogP contribution in [0.15, 0.2) is 0 Å². The molecule has 1 aliphatic heterocycles. The Kier molecular flexibility index (Phi) is 4.79. The van der Waals surface area contributed by atoms with Crippen molar-refractivity contribution in [3.8, 4) is 0 Å². The van der Waals surface area contributed by atoms with Crippen LogP contribution in [0.5, 0.6) is 0 Å². The van der Waals surface area contributed by atoms with E-state index in [1.807, 2.05) is 0 Å². The minimum atomic E-state index is 0.600. The van der Waals surface area contributed by atoms with Crippen molar-refractivity contribution < 1.29 is 0 Å². The quantitative estimate of drug-likeness (QED) is 0.814. The first kappa shape index (κ1) is 13.7. The molecule has 17 heavy (non-hydrogen) atoms. The van der Waals surface area contributed by atoms with Crippen LogP contribution >= 0.6 is 11.8 Å². The monoisotopic (exact) mass is 256 g/mol. The van der Waals surface area contributed by atoms with Gasteiger partial charge in [-0.1, -0.05) is 19.8 Å². The van der Waals surface area contributed by atoms with Crippen LogP contribution < -0.4 is 5.32 Å². The number of nitrogens with zero attached hydrogens (tertiary/aromatic N) is 1. The second-order valence-electron chi connectivity index (χ2n) is 5.91. The van der Waals surface area contributed by atoms with Crippen LogP contribution in [-0.4, -0.2) is 47.6 Å². The normalized spacial score (nSPS) is 33.4. The lowest BCUT2D eigenvalue weighted by atomic mass is 9.83. The fraction of sp³-hybridized carbons (Fsp3) is 1.00. The van der Waals surface area contributed by atoms with Crippen LogP contribution in [0.4, 0.5) is 0 Å². The van der Waals surface area contributed by atoms with Crippen LogP contribution in [0.2, 0.25) is 0 Å². The molecule has 0 aromatic rings. The van der Waals surface area contributed by atoms with Gasteiger partial charge in [-0.2, -0.15) is 11.8 Å². The Morgan fingerprint density at radius 3 is 2.71 bits per heavy atom. The van der Waals surface area contributed by atoms with Gasteiger partial charge in [-0.15, -0.1) is 0 Å². The molecule has 100 valence electrons. The lowest BCUT2D eigenvalue weighted by Gasteiger charge is -2.48. The van der Waals surface area contributed by atoms with Crippen molar-refractivity contribution in [1.29, 1.82) is 0 Å². The molecule has 1 saturated carbocycles. The van der Waals surface area contributed by atoms with Gasteiger partial charge < -0.3 is 5.32 Å². The van der Waals surface area contributed by atoms with Crippen molar-refractivity contribution in [2.45, 2.75) is 62.8 Å². The summed E-state index contributed by atoms with van der Waals surface area (Å²) in [6, 6.07) is 1.45. The van der Waals surface area contributed by atoms with E-state index < -0.39 is 0 Å². The lowest BCUT2D eigenvalue weighted by Crippen LogP contribution is -2.59. The zero-order chi connectivity index (χ0) is 12.3. The summed E-state index contributed by atoms with van der Waals surface area (Å²) in [5.74, 6) is 0. The van der Waals surface area contributed by atoms with E-state index in [0.717, 1.165) is 6.04 Å². The molecule has 2 fully saturated rings. The Hall–Kier alpha value is 0.270. The largest absolute Gasteiger partial charge is 0.311 e. The van der Waals surface area contributed by atoms with Crippen molar-refractivity contribution >= 4 is 11.8 Å². The average molecular weight is 256 g/mol. The number of rotatable bonds is 5. The number of hydrogen-bond acceptors (Lipinski definition) is 3. The van der Waals surface area contributed by atoms with Crippen molar-refractivity contribution in [1.82, 2.24) is 10.2 Å². The fourth-order valence-corrected chi connectivity index (χ4v) is 4.12. The molecule has 0 radical (unpaired) electrons. The Labute approximate surface area is 111 Å². The highest BCUT2D eigenvalue weighted by molar-refractivity contribution is 8.00. The topological polar surface area (TPSA) is 15.3 Å². The maximum Gasteiger partial charge on any atom is 0.0284 e. The van der Waals surface area contributed by atoms with Gasteiger partial charge in [0.25, 0.3) is 0 Å². The van der Waals surface area contributed by atoms with Gasteiger partial charge in [0.15, 0.2) is 0 Å². The minimum Gasteiger partial charge on any atom is -0.311 e. The molecular weight excluding hydrogens is 228 g/mol. The highest BCUT2D eigenvalue weighted by Gasteiger charge is 2.39. The summed E-state index contributed by atoms with van der Waals surface area (Å²) in [4.78, 5) is 2.74. The smallest absolute Gasteiger partial charge is 0.0284 e. The molecule has 2 rings (SSSR count). The molecule has 1 heterocycles. The second kappa shape index (κ2) is 5.94. The molecule has 1 saturated heterocycles. The number of piperazine rings is 1. The standard InChI is InChI=1S/C14H28N2S/c1-4-6-13-10-16(12(2)9-15-13)11-14(17-3)7-5-8-14/h12-13,15H,4-11H2,1-3H3. The molecule has 1 aliphatic carbocycles. The van der Waals surface area contributed by atoms with Gasteiger partial charge in [0.05, 0.1) is 0 Å². The molecule has 2 unspecified atom stereocenters. The molecule has 0 aromatic carbocycles. The van der Waals surface area contributed by atoms with Gasteiger partial charge in [-0.3, -0.25) is 4.90 Å². The zero-order valence-electron chi connectivity index (χ0n) is 11.7. The molecule has 0 spiro atoms. The molecule has 0 amide bonds. The van der Waals surface area contributed by atoms with Crippen LogP contribution in [0, 0.1) is 0 Å². The summed E-state index contributed by atoms with van der Waals surface area (Å²) in [6.45, 7) is 8.42. The molecule has 0 bridgehead atoms. The van der Waals surface area contributed by atoms with E-state index in [1.54, 1.807) is 0 Å². The summed E-state index contributed by atoms with van der Waals surface area (Å²) in [7, 11) is 0. The predicted octanol–water partition coefficient (Wildman–Crippen LogP) is 2.73. The lowest BCUT2D eigenvalue weighted by molar-refractivity contribution is 0.107. The molecule has 0 aromatic heterocycles. The van der Waals surface area contributed by atoms with Crippen LogP contribution in [0.25, 0.3) is 0 Å². The predicted molar refractivity (Wildman–Crippen MR) is 77.8 cm³/mol. The van der Waals surface area contributed by atoms with Crippen LogP contribution in [0.3, 0.4) is 0 Å². The van der Waals surface area contributed by atoms with Crippen LogP contribution in [0.1, 0.15) is 46.0 Å². The molecule has 3 heteroatoms. The van der Waals surface area contributed by atoms with Gasteiger partial charge in [0.2, 0.25) is 0 Å². The van der Waals surface area contributed by atoms with E-state index in [4.69, 9.17) is 0 Å². The Bertz CT molecular complexity index is 235. The first-order valence-electron chi connectivity index (χ1n) is 7.22. The van der Waals surface area contributed by atoms with Gasteiger partial charge in [0.1, 0.15) is 0 Å². The van der Waals surface area contributed by atoms with E-state index in [0.29, 0.717) is 10.8 Å². The summed E-state index contributed by atoms with van der Waals surface area (Å²) in [6.07, 6.45) is 9.24. The molecule has 2 nitrogen and oxygen atoms in total. The van der Waals surface area contributed by atoms with Crippen molar-refractivity contribution in [2.75, 3.05) is 25.9 Å². The van der Waals surface area contributed by atoms with E-state index >= 15 is 0 Å². The summed E-state index contributed by atoms with van der Waals surface area (Å²) in [5.41, 5.74) is 0. The van der Waals surface area contributed by atoms with Crippen molar-refractivity contribution in [3.63, 3.8) is 0 Å². The van der Waals surface area contributed by atoms with Gasteiger partial charge in [-0.05, 0) is 32.4 Å². The highest BCUT2D eigenvalue weighted by atomic mass is 32.2. The zero-order valence-corrected chi connectivity index (χ0v) is 12.5. The summed E-state index contributed by atoms with van der Waals surface area (Å²) in [5, 5.41) is 3.69. The van der Waals surface area contributed by atoms with E-state index in [1.165, 1.54) is 51.7 Å². The number of thioether (sulfide) groups is 1. The minimum absolute atomic E-state index is 0.600. The van der Waals surface area contributed by atoms with Gasteiger partial charge >= 0.3 is 0 Å². The Morgan fingerprint density at radius 2 is 2.18 bits per heavy atom. The van der Waals surface area contributed by atoms with Gasteiger partial charge in [0, 0.05) is 36.5 Å². The maximum absolute atomic E-state index is 3.69. The molecule has 1 N–H and O–H groups in total. The Balaban J connectivity index is 1.88. The Morgan fingerprint density at radius 1 is 1.41 bits per heavy atom. The first-order valence-corrected chi connectivity index (χ1v) is 8.44. The van der Waals surface area contributed by atoms with Gasteiger partial charge in [-0.25, -0.2) is 0 Å². The molecule has 2 aliphatic rings.